The van der Waals surface area contributed by atoms with Crippen molar-refractivity contribution in [2.24, 2.45) is 14.1 Å². The van der Waals surface area contributed by atoms with Gasteiger partial charge in [-0.25, -0.2) is 9.78 Å². The van der Waals surface area contributed by atoms with Crippen molar-refractivity contribution in [3.63, 3.8) is 0 Å². The van der Waals surface area contributed by atoms with Crippen LogP contribution >= 0.6 is 0 Å². The number of ketones is 1. The number of nitrogens with zero attached hydrogens (tertiary/aromatic N) is 5. The summed E-state index contributed by atoms with van der Waals surface area (Å²) >= 11 is 0. The molecule has 0 fully saturated rings. The average molecular weight is 508 g/mol. The van der Waals surface area contributed by atoms with Crippen LogP contribution in [0.3, 0.4) is 0 Å². The Morgan fingerprint density at radius 2 is 1.81 bits per heavy atom. The SMILES string of the molecule is Cc1cc(C(=O)COC(=O)Cn2cnc3c2c(=O)n(C)c(=O)n3C)c(C)n1Cc1ccc2c(c1)OCO2. The van der Waals surface area contributed by atoms with Crippen molar-refractivity contribution in [3.8, 4) is 11.5 Å². The van der Waals surface area contributed by atoms with Gasteiger partial charge in [-0.3, -0.25) is 23.5 Å². The largest absolute Gasteiger partial charge is 0.456 e. The van der Waals surface area contributed by atoms with Crippen LogP contribution < -0.4 is 20.7 Å². The van der Waals surface area contributed by atoms with Gasteiger partial charge in [-0.1, -0.05) is 6.07 Å². The van der Waals surface area contributed by atoms with Crippen molar-refractivity contribution in [2.75, 3.05) is 13.4 Å². The highest BCUT2D eigenvalue weighted by molar-refractivity contribution is 5.99. The number of esters is 1. The summed E-state index contributed by atoms with van der Waals surface area (Å²) in [4.78, 5) is 54.1. The van der Waals surface area contributed by atoms with Crippen LogP contribution in [0.4, 0.5) is 0 Å². The van der Waals surface area contributed by atoms with Crippen LogP contribution in [-0.2, 0) is 36.7 Å². The maximum atomic E-state index is 12.9. The lowest BCUT2D eigenvalue weighted by Crippen LogP contribution is -2.37. The maximum absolute atomic E-state index is 12.9. The predicted molar refractivity (Wildman–Crippen MR) is 131 cm³/mol. The highest BCUT2D eigenvalue weighted by atomic mass is 16.7. The number of benzene rings is 1. The number of ether oxygens (including phenoxy) is 3. The van der Waals surface area contributed by atoms with Gasteiger partial charge in [0.1, 0.15) is 6.54 Å². The minimum Gasteiger partial charge on any atom is -0.456 e. The zero-order valence-electron chi connectivity index (χ0n) is 20.8. The molecule has 0 saturated carbocycles. The Kier molecular flexibility index (Phi) is 5.94. The van der Waals surface area contributed by atoms with Crippen molar-refractivity contribution in [1.82, 2.24) is 23.3 Å². The summed E-state index contributed by atoms with van der Waals surface area (Å²) in [7, 11) is 2.84. The molecule has 0 aliphatic carbocycles. The minimum atomic E-state index is -0.710. The molecule has 0 spiro atoms. The second kappa shape index (κ2) is 9.12. The third kappa shape index (κ3) is 4.20. The number of carbonyl (C=O) groups excluding carboxylic acids is 2. The van der Waals surface area contributed by atoms with Crippen molar-refractivity contribution in [2.45, 2.75) is 26.9 Å². The smallest absolute Gasteiger partial charge is 0.332 e. The summed E-state index contributed by atoms with van der Waals surface area (Å²) in [6, 6.07) is 7.48. The van der Waals surface area contributed by atoms with E-state index in [1.165, 1.54) is 29.6 Å². The monoisotopic (exact) mass is 507 g/mol. The number of fused-ring (bicyclic) bond motifs is 2. The standard InChI is InChI=1S/C25H25N5O7/c1-14-7-17(15(2)30(14)9-16-5-6-19-20(8-16)37-13-36-19)18(31)11-35-21(32)10-29-12-26-23-22(29)24(33)28(4)25(34)27(23)3/h5-8,12H,9-11,13H2,1-4H3. The number of rotatable bonds is 7. The van der Waals surface area contributed by atoms with E-state index in [9.17, 15) is 19.2 Å². The summed E-state index contributed by atoms with van der Waals surface area (Å²) in [6.45, 7) is 3.70. The van der Waals surface area contributed by atoms with Gasteiger partial charge in [0.15, 0.2) is 29.3 Å². The number of hydrogen-bond donors (Lipinski definition) is 0. The summed E-state index contributed by atoms with van der Waals surface area (Å²) in [5, 5.41) is 0. The Morgan fingerprint density at radius 1 is 1.05 bits per heavy atom. The Morgan fingerprint density at radius 3 is 2.59 bits per heavy atom. The molecule has 0 bridgehead atoms. The van der Waals surface area contributed by atoms with Gasteiger partial charge in [0.2, 0.25) is 12.6 Å². The van der Waals surface area contributed by atoms with E-state index in [1.807, 2.05) is 36.6 Å². The molecule has 0 amide bonds. The van der Waals surface area contributed by atoms with Crippen LogP contribution in [0.5, 0.6) is 11.5 Å². The molecule has 3 aromatic heterocycles. The Hall–Kier alpha value is -4.61. The van der Waals surface area contributed by atoms with Gasteiger partial charge in [0, 0.05) is 37.6 Å². The number of aryl methyl sites for hydroxylation is 2. The number of carbonyl (C=O) groups is 2. The fourth-order valence-corrected chi connectivity index (χ4v) is 4.47. The fraction of sp³-hybridized carbons (Fsp3) is 0.320. The molecule has 4 heterocycles. The zero-order valence-corrected chi connectivity index (χ0v) is 20.8. The topological polar surface area (TPSA) is 129 Å². The molecule has 5 rings (SSSR count). The summed E-state index contributed by atoms with van der Waals surface area (Å²) in [5.74, 6) is 0.342. The Bertz CT molecular complexity index is 1690. The van der Waals surface area contributed by atoms with Gasteiger partial charge >= 0.3 is 11.7 Å². The molecular formula is C25H25N5O7. The number of imidazole rings is 1. The van der Waals surface area contributed by atoms with E-state index in [0.717, 1.165) is 21.5 Å². The van der Waals surface area contributed by atoms with Crippen molar-refractivity contribution < 1.29 is 23.8 Å². The molecule has 0 unspecified atom stereocenters. The van der Waals surface area contributed by atoms with Crippen LogP contribution in [0.1, 0.15) is 27.3 Å². The van der Waals surface area contributed by atoms with E-state index in [1.54, 1.807) is 6.07 Å². The molecule has 12 nitrogen and oxygen atoms in total. The molecule has 1 aliphatic rings. The highest BCUT2D eigenvalue weighted by Gasteiger charge is 2.20. The minimum absolute atomic E-state index is 0.0972. The van der Waals surface area contributed by atoms with E-state index < -0.39 is 23.8 Å². The molecule has 1 aliphatic heterocycles. The molecule has 4 aromatic rings. The van der Waals surface area contributed by atoms with Gasteiger partial charge in [-0.05, 0) is 37.6 Å². The predicted octanol–water partition coefficient (Wildman–Crippen LogP) is 1.06. The molecule has 0 radical (unpaired) electrons. The molecule has 0 saturated heterocycles. The van der Waals surface area contributed by atoms with Crippen molar-refractivity contribution in [1.29, 1.82) is 0 Å². The van der Waals surface area contributed by atoms with E-state index in [-0.39, 0.29) is 30.3 Å². The lowest BCUT2D eigenvalue weighted by atomic mass is 10.1. The van der Waals surface area contributed by atoms with Crippen LogP contribution in [-0.4, -0.2) is 48.4 Å². The highest BCUT2D eigenvalue weighted by Crippen LogP contribution is 2.33. The van der Waals surface area contributed by atoms with Crippen molar-refractivity contribution >= 4 is 22.9 Å². The first kappa shape index (κ1) is 24.1. The lowest BCUT2D eigenvalue weighted by molar-refractivity contribution is -0.143. The zero-order chi connectivity index (χ0) is 26.4. The normalized spacial score (nSPS) is 12.3. The van der Waals surface area contributed by atoms with Gasteiger partial charge in [0.25, 0.3) is 5.56 Å². The fourth-order valence-electron chi connectivity index (χ4n) is 4.47. The molecule has 1 aromatic carbocycles. The van der Waals surface area contributed by atoms with E-state index >= 15 is 0 Å². The number of aromatic nitrogens is 5. The Balaban J connectivity index is 1.27. The van der Waals surface area contributed by atoms with Crippen LogP contribution in [0, 0.1) is 13.8 Å². The molecule has 37 heavy (non-hydrogen) atoms. The summed E-state index contributed by atoms with van der Waals surface area (Å²) in [6.07, 6.45) is 1.29. The molecule has 0 N–H and O–H groups in total. The van der Waals surface area contributed by atoms with Crippen LogP contribution in [0.25, 0.3) is 11.2 Å². The lowest BCUT2D eigenvalue weighted by Gasteiger charge is -2.11. The molecule has 0 atom stereocenters. The van der Waals surface area contributed by atoms with E-state index in [2.05, 4.69) is 4.98 Å². The summed E-state index contributed by atoms with van der Waals surface area (Å²) < 4.78 is 21.5. The second-order valence-corrected chi connectivity index (χ2v) is 8.89. The first-order valence-electron chi connectivity index (χ1n) is 11.5. The third-order valence-corrected chi connectivity index (χ3v) is 6.53. The van der Waals surface area contributed by atoms with Crippen LogP contribution in [0.15, 0.2) is 40.2 Å². The van der Waals surface area contributed by atoms with E-state index in [0.29, 0.717) is 23.6 Å². The second-order valence-electron chi connectivity index (χ2n) is 8.89. The van der Waals surface area contributed by atoms with Crippen LogP contribution in [0.2, 0.25) is 0 Å². The maximum Gasteiger partial charge on any atom is 0.332 e. The van der Waals surface area contributed by atoms with Gasteiger partial charge in [-0.15, -0.1) is 0 Å². The van der Waals surface area contributed by atoms with Crippen molar-refractivity contribution in [3.05, 3.63) is 73.9 Å². The third-order valence-electron chi connectivity index (χ3n) is 6.53. The first-order chi connectivity index (χ1) is 17.7. The van der Waals surface area contributed by atoms with E-state index in [4.69, 9.17) is 14.2 Å². The Labute approximate surface area is 210 Å². The van der Waals surface area contributed by atoms with Gasteiger partial charge in [-0.2, -0.15) is 0 Å². The molecular weight excluding hydrogens is 482 g/mol. The van der Waals surface area contributed by atoms with Gasteiger partial charge < -0.3 is 23.3 Å². The quantitative estimate of drug-likeness (QED) is 0.268. The molecule has 192 valence electrons. The average Bonchev–Trinajstić information content (AvgIpc) is 3.59. The first-order valence-corrected chi connectivity index (χ1v) is 11.5. The number of hydrogen-bond acceptors (Lipinski definition) is 8. The molecule has 12 heteroatoms. The summed E-state index contributed by atoms with van der Waals surface area (Å²) in [5.41, 5.74) is 2.25. The number of Topliss-reactive ketones (excluding diaryl/α,β-unsaturated/α-hetero) is 1. The van der Waals surface area contributed by atoms with Gasteiger partial charge in [0.05, 0.1) is 6.33 Å².